The summed E-state index contributed by atoms with van der Waals surface area (Å²) in [5.74, 6) is -2.17. The number of nitrogen functional groups attached to an aromatic ring is 1. The number of halogens is 3. The van der Waals surface area contributed by atoms with Crippen LogP contribution < -0.4 is 5.73 Å². The van der Waals surface area contributed by atoms with Gasteiger partial charge >= 0.3 is 0 Å². The molecule has 0 spiro atoms. The second-order valence-corrected chi connectivity index (χ2v) is 4.74. The SMILES string of the molecule is N#Cc1ccc(Cl)cc1-n1c(N)nc2ccc(F)c(F)c21. The van der Waals surface area contributed by atoms with Crippen molar-refractivity contribution in [3.8, 4) is 11.8 Å². The lowest BCUT2D eigenvalue weighted by Gasteiger charge is -2.09. The van der Waals surface area contributed by atoms with E-state index < -0.39 is 11.6 Å². The molecule has 0 atom stereocenters. The van der Waals surface area contributed by atoms with Crippen LogP contribution in [0.1, 0.15) is 5.56 Å². The molecule has 2 aromatic carbocycles. The normalized spacial score (nSPS) is 10.8. The molecule has 0 aliphatic rings. The van der Waals surface area contributed by atoms with Gasteiger partial charge in [0.1, 0.15) is 11.6 Å². The number of nitriles is 1. The topological polar surface area (TPSA) is 67.6 Å². The summed E-state index contributed by atoms with van der Waals surface area (Å²) in [5, 5.41) is 9.49. The van der Waals surface area contributed by atoms with Crippen LogP contribution >= 0.6 is 11.6 Å². The van der Waals surface area contributed by atoms with Crippen molar-refractivity contribution in [1.82, 2.24) is 9.55 Å². The molecule has 4 nitrogen and oxygen atoms in total. The zero-order valence-electron chi connectivity index (χ0n) is 10.4. The maximum Gasteiger partial charge on any atom is 0.206 e. The van der Waals surface area contributed by atoms with E-state index in [2.05, 4.69) is 4.98 Å². The first-order valence-corrected chi connectivity index (χ1v) is 6.22. The Morgan fingerprint density at radius 2 is 2.00 bits per heavy atom. The van der Waals surface area contributed by atoms with Gasteiger partial charge in [0, 0.05) is 5.02 Å². The molecule has 0 amide bonds. The Balaban J connectivity index is 2.46. The average molecular weight is 305 g/mol. The van der Waals surface area contributed by atoms with E-state index >= 15 is 0 Å². The molecule has 1 aromatic heterocycles. The van der Waals surface area contributed by atoms with Crippen molar-refractivity contribution in [2.45, 2.75) is 0 Å². The van der Waals surface area contributed by atoms with E-state index in [-0.39, 0.29) is 28.2 Å². The predicted molar refractivity (Wildman–Crippen MR) is 75.1 cm³/mol. The number of rotatable bonds is 1. The summed E-state index contributed by atoms with van der Waals surface area (Å²) in [6, 6.07) is 8.69. The molecule has 0 aliphatic carbocycles. The van der Waals surface area contributed by atoms with Gasteiger partial charge in [-0.15, -0.1) is 0 Å². The third kappa shape index (κ3) is 1.99. The summed E-state index contributed by atoms with van der Waals surface area (Å²) in [6.45, 7) is 0. The van der Waals surface area contributed by atoms with E-state index in [1.54, 1.807) is 0 Å². The van der Waals surface area contributed by atoms with Crippen LogP contribution in [0.3, 0.4) is 0 Å². The number of benzene rings is 2. The van der Waals surface area contributed by atoms with Crippen molar-refractivity contribution in [3.63, 3.8) is 0 Å². The number of hydrogen-bond donors (Lipinski definition) is 1. The number of anilines is 1. The standard InChI is InChI=1S/C14H7ClF2N4/c15-8-2-1-7(6-18)11(5-8)21-13-10(20-14(21)19)4-3-9(16)12(13)17/h1-5H,(H2,19,20). The van der Waals surface area contributed by atoms with Gasteiger partial charge < -0.3 is 5.73 Å². The highest BCUT2D eigenvalue weighted by molar-refractivity contribution is 6.30. The first-order valence-electron chi connectivity index (χ1n) is 5.85. The van der Waals surface area contributed by atoms with Crippen LogP contribution in [0.5, 0.6) is 0 Å². The Morgan fingerprint density at radius 1 is 1.24 bits per heavy atom. The zero-order chi connectivity index (χ0) is 15.1. The van der Waals surface area contributed by atoms with Gasteiger partial charge in [-0.1, -0.05) is 11.6 Å². The molecule has 7 heteroatoms. The van der Waals surface area contributed by atoms with Gasteiger partial charge in [0.15, 0.2) is 11.6 Å². The largest absolute Gasteiger partial charge is 0.369 e. The van der Waals surface area contributed by atoms with Crippen molar-refractivity contribution in [1.29, 1.82) is 5.26 Å². The molecule has 0 saturated carbocycles. The van der Waals surface area contributed by atoms with Gasteiger partial charge in [-0.3, -0.25) is 4.57 Å². The van der Waals surface area contributed by atoms with E-state index in [4.69, 9.17) is 22.6 Å². The van der Waals surface area contributed by atoms with Gasteiger partial charge in [0.25, 0.3) is 0 Å². The highest BCUT2D eigenvalue weighted by atomic mass is 35.5. The van der Waals surface area contributed by atoms with E-state index in [0.29, 0.717) is 5.02 Å². The first kappa shape index (κ1) is 13.3. The Labute approximate surface area is 123 Å². The Bertz CT molecular complexity index is 911. The third-order valence-corrected chi connectivity index (χ3v) is 3.29. The number of nitrogens with two attached hydrogens (primary N) is 1. The maximum absolute atomic E-state index is 14.1. The van der Waals surface area contributed by atoms with Crippen molar-refractivity contribution in [3.05, 3.63) is 52.6 Å². The molecule has 0 fully saturated rings. The minimum absolute atomic E-state index is 0.0618. The van der Waals surface area contributed by atoms with Crippen molar-refractivity contribution in [2.75, 3.05) is 5.73 Å². The number of aromatic nitrogens is 2. The summed E-state index contributed by atoms with van der Waals surface area (Å²) in [5.41, 5.74) is 6.31. The molecule has 0 aliphatic heterocycles. The molecule has 2 N–H and O–H groups in total. The van der Waals surface area contributed by atoms with E-state index in [1.165, 1.54) is 28.8 Å². The molecular formula is C14H7ClF2N4. The Kier molecular flexibility index (Phi) is 3.00. The smallest absolute Gasteiger partial charge is 0.206 e. The van der Waals surface area contributed by atoms with Crippen molar-refractivity contribution < 1.29 is 8.78 Å². The molecule has 3 aromatic rings. The summed E-state index contributed by atoms with van der Waals surface area (Å²) in [6.07, 6.45) is 0. The van der Waals surface area contributed by atoms with Gasteiger partial charge in [-0.05, 0) is 30.3 Å². The fourth-order valence-electron chi connectivity index (χ4n) is 2.15. The lowest BCUT2D eigenvalue weighted by Crippen LogP contribution is -2.04. The summed E-state index contributed by atoms with van der Waals surface area (Å²) < 4.78 is 28.7. The van der Waals surface area contributed by atoms with Crippen molar-refractivity contribution >= 4 is 28.6 Å². The van der Waals surface area contributed by atoms with Crippen LogP contribution in [0.2, 0.25) is 5.02 Å². The van der Waals surface area contributed by atoms with Gasteiger partial charge in [0.2, 0.25) is 5.95 Å². The molecule has 104 valence electrons. The summed E-state index contributed by atoms with van der Waals surface area (Å²) in [7, 11) is 0. The van der Waals surface area contributed by atoms with Crippen molar-refractivity contribution in [2.24, 2.45) is 0 Å². The van der Waals surface area contributed by atoms with Gasteiger partial charge in [-0.25, -0.2) is 13.8 Å². The second-order valence-electron chi connectivity index (χ2n) is 4.31. The molecular weight excluding hydrogens is 298 g/mol. The first-order chi connectivity index (χ1) is 10.0. The molecule has 3 rings (SSSR count). The van der Waals surface area contributed by atoms with Crippen LogP contribution in [-0.4, -0.2) is 9.55 Å². The third-order valence-electron chi connectivity index (χ3n) is 3.06. The second kappa shape index (κ2) is 4.72. The van der Waals surface area contributed by atoms with E-state index in [9.17, 15) is 8.78 Å². The average Bonchev–Trinajstić information content (AvgIpc) is 2.80. The Hall–Kier alpha value is -2.65. The fourth-order valence-corrected chi connectivity index (χ4v) is 2.32. The molecule has 1 heterocycles. The minimum atomic E-state index is -1.08. The van der Waals surface area contributed by atoms with Crippen LogP contribution in [0, 0.1) is 23.0 Å². The zero-order valence-corrected chi connectivity index (χ0v) is 11.2. The molecule has 21 heavy (non-hydrogen) atoms. The Morgan fingerprint density at radius 3 is 2.71 bits per heavy atom. The summed E-state index contributed by atoms with van der Waals surface area (Å²) in [4.78, 5) is 3.98. The molecule has 0 bridgehead atoms. The highest BCUT2D eigenvalue weighted by Gasteiger charge is 2.19. The van der Waals surface area contributed by atoms with E-state index in [1.807, 2.05) is 6.07 Å². The summed E-state index contributed by atoms with van der Waals surface area (Å²) >= 11 is 5.91. The quantitative estimate of drug-likeness (QED) is 0.749. The molecule has 0 radical (unpaired) electrons. The molecule has 0 unspecified atom stereocenters. The van der Waals surface area contributed by atoms with Crippen LogP contribution in [0.25, 0.3) is 16.7 Å². The molecule has 0 saturated heterocycles. The van der Waals surface area contributed by atoms with Gasteiger partial charge in [0.05, 0.1) is 16.8 Å². The number of nitrogens with zero attached hydrogens (tertiary/aromatic N) is 3. The lowest BCUT2D eigenvalue weighted by atomic mass is 10.2. The number of imidazole rings is 1. The maximum atomic E-state index is 14.1. The monoisotopic (exact) mass is 304 g/mol. The fraction of sp³-hybridized carbons (Fsp3) is 0. The number of fused-ring (bicyclic) bond motifs is 1. The van der Waals surface area contributed by atoms with Crippen LogP contribution in [0.15, 0.2) is 30.3 Å². The van der Waals surface area contributed by atoms with Crippen LogP contribution in [0.4, 0.5) is 14.7 Å². The van der Waals surface area contributed by atoms with E-state index in [0.717, 1.165) is 6.07 Å². The van der Waals surface area contributed by atoms with Gasteiger partial charge in [-0.2, -0.15) is 5.26 Å². The predicted octanol–water partition coefficient (Wildman–Crippen LogP) is 3.41. The number of hydrogen-bond acceptors (Lipinski definition) is 3. The highest BCUT2D eigenvalue weighted by Crippen LogP contribution is 2.29. The van der Waals surface area contributed by atoms with Crippen LogP contribution in [-0.2, 0) is 0 Å². The lowest BCUT2D eigenvalue weighted by molar-refractivity contribution is 0.514. The minimum Gasteiger partial charge on any atom is -0.369 e.